The molecule has 128 valence electrons. The Morgan fingerprint density at radius 1 is 1.24 bits per heavy atom. The summed E-state index contributed by atoms with van der Waals surface area (Å²) in [7, 11) is 0. The molecule has 1 aromatic carbocycles. The molecule has 1 amide bonds. The molecular formula is C19H17FN2OS2. The summed E-state index contributed by atoms with van der Waals surface area (Å²) < 4.78 is 13.0. The van der Waals surface area contributed by atoms with Crippen molar-refractivity contribution in [2.75, 3.05) is 5.32 Å². The fourth-order valence-electron chi connectivity index (χ4n) is 3.12. The van der Waals surface area contributed by atoms with Gasteiger partial charge in [0.05, 0.1) is 11.3 Å². The van der Waals surface area contributed by atoms with E-state index in [2.05, 4.69) is 17.2 Å². The van der Waals surface area contributed by atoms with Crippen molar-refractivity contribution < 1.29 is 9.18 Å². The van der Waals surface area contributed by atoms with Gasteiger partial charge in [0.1, 0.15) is 5.82 Å². The molecule has 3 nitrogen and oxygen atoms in total. The van der Waals surface area contributed by atoms with E-state index in [1.165, 1.54) is 33.9 Å². The molecule has 1 atom stereocenters. The van der Waals surface area contributed by atoms with E-state index in [1.807, 2.05) is 10.8 Å². The number of nitrogens with zero attached hydrogens (tertiary/aromatic N) is 1. The summed E-state index contributed by atoms with van der Waals surface area (Å²) in [5.74, 6) is 0.329. The normalized spacial score (nSPS) is 16.5. The van der Waals surface area contributed by atoms with Gasteiger partial charge in [-0.05, 0) is 55.0 Å². The molecule has 4 rings (SSSR count). The standard InChI is InChI=1S/C19H17FN2OS2/c1-11-2-7-14-15(9-24-17(14)8-11)18(23)22-19-21-16(10-25-19)12-3-5-13(20)6-4-12/h3-6,9-11H,2,7-8H2,1H3,(H,21,22,23)/t11-/m1/s1. The van der Waals surface area contributed by atoms with Crippen LogP contribution in [0.2, 0.25) is 0 Å². The number of hydrogen-bond donors (Lipinski definition) is 1. The van der Waals surface area contributed by atoms with Crippen molar-refractivity contribution in [3.63, 3.8) is 0 Å². The molecule has 1 N–H and O–H groups in total. The molecule has 1 aliphatic carbocycles. The Morgan fingerprint density at radius 3 is 2.84 bits per heavy atom. The second-order valence-electron chi connectivity index (χ2n) is 6.40. The van der Waals surface area contributed by atoms with E-state index in [0.29, 0.717) is 11.0 Å². The number of thiophene rings is 1. The number of halogens is 1. The number of aromatic nitrogens is 1. The lowest BCUT2D eigenvalue weighted by Gasteiger charge is -2.18. The summed E-state index contributed by atoms with van der Waals surface area (Å²) in [4.78, 5) is 18.4. The summed E-state index contributed by atoms with van der Waals surface area (Å²) in [6, 6.07) is 6.19. The average molecular weight is 372 g/mol. The molecular weight excluding hydrogens is 355 g/mol. The quantitative estimate of drug-likeness (QED) is 0.670. The van der Waals surface area contributed by atoms with Crippen molar-refractivity contribution in [1.29, 1.82) is 0 Å². The predicted molar refractivity (Wildman–Crippen MR) is 101 cm³/mol. The largest absolute Gasteiger partial charge is 0.298 e. The van der Waals surface area contributed by atoms with Gasteiger partial charge in [0.15, 0.2) is 5.13 Å². The first kappa shape index (κ1) is 16.4. The number of benzene rings is 1. The molecule has 2 heterocycles. The van der Waals surface area contributed by atoms with Gasteiger partial charge in [-0.15, -0.1) is 22.7 Å². The van der Waals surface area contributed by atoms with Gasteiger partial charge in [0.2, 0.25) is 0 Å². The third-order valence-electron chi connectivity index (χ3n) is 4.51. The first-order chi connectivity index (χ1) is 12.1. The lowest BCUT2D eigenvalue weighted by Crippen LogP contribution is -2.16. The number of thiazole rings is 1. The van der Waals surface area contributed by atoms with Crippen molar-refractivity contribution in [2.45, 2.75) is 26.2 Å². The fourth-order valence-corrected chi connectivity index (χ4v) is 5.08. The lowest BCUT2D eigenvalue weighted by atomic mass is 9.88. The van der Waals surface area contributed by atoms with Crippen LogP contribution >= 0.6 is 22.7 Å². The number of fused-ring (bicyclic) bond motifs is 1. The second-order valence-corrected chi connectivity index (χ2v) is 8.22. The topological polar surface area (TPSA) is 42.0 Å². The molecule has 0 saturated carbocycles. The van der Waals surface area contributed by atoms with Gasteiger partial charge in [-0.2, -0.15) is 0 Å². The summed E-state index contributed by atoms with van der Waals surface area (Å²) >= 11 is 3.06. The number of hydrogen-bond acceptors (Lipinski definition) is 4. The molecule has 2 aromatic heterocycles. The Morgan fingerprint density at radius 2 is 2.04 bits per heavy atom. The van der Waals surface area contributed by atoms with Crippen LogP contribution in [0.25, 0.3) is 11.3 Å². The average Bonchev–Trinajstić information content (AvgIpc) is 3.22. The van der Waals surface area contributed by atoms with Gasteiger partial charge >= 0.3 is 0 Å². The smallest absolute Gasteiger partial charge is 0.258 e. The highest BCUT2D eigenvalue weighted by Crippen LogP contribution is 2.33. The Hall–Kier alpha value is -2.05. The van der Waals surface area contributed by atoms with Crippen LogP contribution in [0.4, 0.5) is 9.52 Å². The van der Waals surface area contributed by atoms with E-state index in [4.69, 9.17) is 0 Å². The Labute approximate surface area is 153 Å². The summed E-state index contributed by atoms with van der Waals surface area (Å²) in [6.45, 7) is 2.26. The zero-order valence-corrected chi connectivity index (χ0v) is 15.3. The first-order valence-corrected chi connectivity index (χ1v) is 9.98. The lowest BCUT2D eigenvalue weighted by molar-refractivity contribution is 0.102. The first-order valence-electron chi connectivity index (χ1n) is 8.22. The number of carbonyl (C=O) groups excluding carboxylic acids is 1. The molecule has 0 radical (unpaired) electrons. The van der Waals surface area contributed by atoms with Crippen molar-refractivity contribution in [2.24, 2.45) is 5.92 Å². The minimum atomic E-state index is -0.274. The zero-order chi connectivity index (χ0) is 17.4. The Bertz CT molecular complexity index is 914. The molecule has 25 heavy (non-hydrogen) atoms. The maximum absolute atomic E-state index is 13.0. The molecule has 3 aromatic rings. The second kappa shape index (κ2) is 6.69. The number of anilines is 1. The molecule has 0 fully saturated rings. The third kappa shape index (κ3) is 3.37. The van der Waals surface area contributed by atoms with E-state index in [0.717, 1.165) is 36.1 Å². The number of rotatable bonds is 3. The maximum atomic E-state index is 13.0. The van der Waals surface area contributed by atoms with Crippen molar-refractivity contribution in [3.05, 3.63) is 56.8 Å². The van der Waals surface area contributed by atoms with Crippen LogP contribution < -0.4 is 5.32 Å². The van der Waals surface area contributed by atoms with Crippen LogP contribution in [0.1, 0.15) is 34.1 Å². The highest BCUT2D eigenvalue weighted by molar-refractivity contribution is 7.14. The maximum Gasteiger partial charge on any atom is 0.258 e. The monoisotopic (exact) mass is 372 g/mol. The highest BCUT2D eigenvalue weighted by Gasteiger charge is 2.23. The van der Waals surface area contributed by atoms with Gasteiger partial charge in [-0.3, -0.25) is 10.1 Å². The molecule has 0 aliphatic heterocycles. The number of amides is 1. The molecule has 6 heteroatoms. The Kier molecular flexibility index (Phi) is 4.39. The van der Waals surface area contributed by atoms with E-state index in [-0.39, 0.29) is 11.7 Å². The van der Waals surface area contributed by atoms with Crippen molar-refractivity contribution >= 4 is 33.7 Å². The van der Waals surface area contributed by atoms with Gasteiger partial charge in [-0.25, -0.2) is 9.37 Å². The summed E-state index contributed by atoms with van der Waals surface area (Å²) in [5.41, 5.74) is 3.56. The van der Waals surface area contributed by atoms with Crippen LogP contribution in [0.15, 0.2) is 35.0 Å². The number of nitrogens with one attached hydrogen (secondary N) is 1. The van der Waals surface area contributed by atoms with Gasteiger partial charge in [-0.1, -0.05) is 6.92 Å². The molecule has 0 saturated heterocycles. The zero-order valence-electron chi connectivity index (χ0n) is 13.7. The van der Waals surface area contributed by atoms with Gasteiger partial charge < -0.3 is 0 Å². The van der Waals surface area contributed by atoms with Crippen LogP contribution in [0.5, 0.6) is 0 Å². The SMILES string of the molecule is C[C@@H]1CCc2c(C(=O)Nc3nc(-c4ccc(F)cc4)cs3)csc2C1. The van der Waals surface area contributed by atoms with Crippen LogP contribution in [-0.4, -0.2) is 10.9 Å². The molecule has 0 spiro atoms. The van der Waals surface area contributed by atoms with E-state index >= 15 is 0 Å². The van der Waals surface area contributed by atoms with E-state index < -0.39 is 0 Å². The van der Waals surface area contributed by atoms with Crippen LogP contribution in [0, 0.1) is 11.7 Å². The van der Waals surface area contributed by atoms with Gasteiger partial charge in [0, 0.05) is 21.2 Å². The minimum absolute atomic E-state index is 0.0907. The molecule has 0 unspecified atom stereocenters. The van der Waals surface area contributed by atoms with Crippen LogP contribution in [-0.2, 0) is 12.8 Å². The minimum Gasteiger partial charge on any atom is -0.298 e. The van der Waals surface area contributed by atoms with E-state index in [9.17, 15) is 9.18 Å². The van der Waals surface area contributed by atoms with E-state index in [1.54, 1.807) is 23.5 Å². The van der Waals surface area contributed by atoms with Crippen LogP contribution in [0.3, 0.4) is 0 Å². The van der Waals surface area contributed by atoms with Gasteiger partial charge in [0.25, 0.3) is 5.91 Å². The summed E-state index contributed by atoms with van der Waals surface area (Å²) in [5, 5.41) is 7.31. The summed E-state index contributed by atoms with van der Waals surface area (Å²) in [6.07, 6.45) is 3.18. The highest BCUT2D eigenvalue weighted by atomic mass is 32.1. The van der Waals surface area contributed by atoms with Crippen molar-refractivity contribution in [1.82, 2.24) is 4.98 Å². The predicted octanol–water partition coefficient (Wildman–Crippen LogP) is 5.39. The molecule has 1 aliphatic rings. The molecule has 0 bridgehead atoms. The van der Waals surface area contributed by atoms with Crippen molar-refractivity contribution in [3.8, 4) is 11.3 Å². The Balaban J connectivity index is 1.51. The third-order valence-corrected chi connectivity index (χ3v) is 6.32. The number of carbonyl (C=O) groups is 1. The fraction of sp³-hybridized carbons (Fsp3) is 0.263.